The van der Waals surface area contributed by atoms with Crippen molar-refractivity contribution < 1.29 is 9.36 Å². The Morgan fingerprint density at radius 1 is 0.960 bits per heavy atom. The van der Waals surface area contributed by atoms with Crippen LogP contribution in [0.4, 0.5) is 0 Å². The Morgan fingerprint density at radius 3 is 1.96 bits per heavy atom. The van der Waals surface area contributed by atoms with Gasteiger partial charge in [0.2, 0.25) is 5.91 Å². The van der Waals surface area contributed by atoms with E-state index in [0.717, 1.165) is 15.5 Å². The monoisotopic (exact) mass is 369 g/mol. The topological polar surface area (TPSA) is 46.2 Å². The largest absolute Gasteiger partial charge is 0.355 e. The van der Waals surface area contributed by atoms with Gasteiger partial charge in [0, 0.05) is 29.0 Å². The Bertz CT molecular complexity index is 820. The number of thiophene rings is 1. The number of benzene rings is 2. The summed E-state index contributed by atoms with van der Waals surface area (Å²) in [5.74, 6) is -0.116. The minimum absolute atomic E-state index is 0.116. The van der Waals surface area contributed by atoms with Crippen molar-refractivity contribution in [2.75, 3.05) is 6.54 Å². The Labute approximate surface area is 152 Å². The van der Waals surface area contributed by atoms with E-state index < -0.39 is 7.14 Å². The van der Waals surface area contributed by atoms with E-state index in [-0.39, 0.29) is 11.6 Å². The number of nitrogens with one attached hydrogen (secondary N) is 1. The molecule has 3 aromatic rings. The normalized spacial score (nSPS) is 12.5. The average molecular weight is 369 g/mol. The summed E-state index contributed by atoms with van der Waals surface area (Å²) in [6, 6.07) is 23.1. The van der Waals surface area contributed by atoms with Gasteiger partial charge in [0.25, 0.3) is 0 Å². The van der Waals surface area contributed by atoms with Crippen molar-refractivity contribution in [3.8, 4) is 0 Å². The summed E-state index contributed by atoms with van der Waals surface area (Å²) in [5.41, 5.74) is -0.291. The Balaban J connectivity index is 2.17. The Morgan fingerprint density at radius 2 is 1.52 bits per heavy atom. The van der Waals surface area contributed by atoms with Crippen LogP contribution in [0.2, 0.25) is 0 Å². The first-order valence-electron chi connectivity index (χ1n) is 8.11. The summed E-state index contributed by atoms with van der Waals surface area (Å²) < 4.78 is 14.5. The number of carbonyl (C=O) groups is 1. The van der Waals surface area contributed by atoms with Crippen LogP contribution in [0.3, 0.4) is 0 Å². The van der Waals surface area contributed by atoms with E-state index in [0.29, 0.717) is 6.54 Å². The molecule has 0 saturated heterocycles. The SMILES string of the molecule is CC(=O)NCC(c1cccs1)P(=O)(c1ccccc1)c1ccccc1. The number of amides is 1. The lowest BCUT2D eigenvalue weighted by molar-refractivity contribution is -0.118. The highest BCUT2D eigenvalue weighted by atomic mass is 32.1. The zero-order valence-electron chi connectivity index (χ0n) is 14.0. The molecule has 3 rings (SSSR count). The molecule has 0 saturated carbocycles. The predicted molar refractivity (Wildman–Crippen MR) is 106 cm³/mol. The van der Waals surface area contributed by atoms with Gasteiger partial charge in [0.05, 0.1) is 5.66 Å². The maximum atomic E-state index is 14.5. The second-order valence-electron chi connectivity index (χ2n) is 5.80. The lowest BCUT2D eigenvalue weighted by Gasteiger charge is -2.28. The highest BCUT2D eigenvalue weighted by Crippen LogP contribution is 2.57. The fraction of sp³-hybridized carbons (Fsp3) is 0.150. The first kappa shape index (κ1) is 17.7. The van der Waals surface area contributed by atoms with Crippen LogP contribution in [0.25, 0.3) is 0 Å². The second-order valence-corrected chi connectivity index (χ2v) is 9.75. The van der Waals surface area contributed by atoms with Crippen LogP contribution in [0.5, 0.6) is 0 Å². The predicted octanol–water partition coefficient (Wildman–Crippen LogP) is 3.94. The van der Waals surface area contributed by atoms with Crippen molar-refractivity contribution in [3.63, 3.8) is 0 Å². The van der Waals surface area contributed by atoms with Gasteiger partial charge in [-0.05, 0) is 11.4 Å². The molecule has 0 aliphatic carbocycles. The molecule has 1 amide bonds. The molecule has 2 aromatic carbocycles. The van der Waals surface area contributed by atoms with E-state index in [4.69, 9.17) is 0 Å². The summed E-state index contributed by atoms with van der Waals surface area (Å²) >= 11 is 1.58. The second kappa shape index (κ2) is 7.81. The van der Waals surface area contributed by atoms with E-state index in [2.05, 4.69) is 5.32 Å². The van der Waals surface area contributed by atoms with Gasteiger partial charge in [0.1, 0.15) is 0 Å². The molecular formula is C20H20NO2PS. The zero-order chi connectivity index (χ0) is 17.7. The Hall–Kier alpha value is -2.16. The van der Waals surface area contributed by atoms with E-state index in [1.54, 1.807) is 11.3 Å². The molecule has 0 fully saturated rings. The molecule has 25 heavy (non-hydrogen) atoms. The van der Waals surface area contributed by atoms with Crippen molar-refractivity contribution in [1.82, 2.24) is 5.32 Å². The summed E-state index contributed by atoms with van der Waals surface area (Å²) in [7, 11) is -2.98. The molecule has 1 aromatic heterocycles. The molecule has 1 atom stereocenters. The van der Waals surface area contributed by atoms with E-state index >= 15 is 0 Å². The first-order valence-corrected chi connectivity index (χ1v) is 10.8. The number of carbonyl (C=O) groups excluding carboxylic acids is 1. The zero-order valence-corrected chi connectivity index (χ0v) is 15.7. The minimum atomic E-state index is -2.98. The molecule has 1 N–H and O–H groups in total. The summed E-state index contributed by atoms with van der Waals surface area (Å²) in [4.78, 5) is 12.5. The minimum Gasteiger partial charge on any atom is -0.355 e. The maximum absolute atomic E-state index is 14.5. The standard InChI is InChI=1S/C20H20NO2PS/c1-16(22)21-15-19(20-13-8-14-25-20)24(23,17-9-4-2-5-10-17)18-11-6-3-7-12-18/h2-14,19H,15H2,1H3,(H,21,22). The van der Waals surface area contributed by atoms with Crippen molar-refractivity contribution >= 4 is 35.0 Å². The van der Waals surface area contributed by atoms with Crippen molar-refractivity contribution in [2.24, 2.45) is 0 Å². The van der Waals surface area contributed by atoms with Crippen LogP contribution in [-0.4, -0.2) is 12.5 Å². The molecule has 1 unspecified atom stereocenters. The maximum Gasteiger partial charge on any atom is 0.216 e. The van der Waals surface area contributed by atoms with Gasteiger partial charge >= 0.3 is 0 Å². The van der Waals surface area contributed by atoms with Gasteiger partial charge in [0.15, 0.2) is 7.14 Å². The highest BCUT2D eigenvalue weighted by molar-refractivity contribution is 7.79. The number of hydrogen-bond donors (Lipinski definition) is 1. The van der Waals surface area contributed by atoms with Gasteiger partial charge in [-0.3, -0.25) is 4.79 Å². The van der Waals surface area contributed by atoms with Crippen molar-refractivity contribution in [3.05, 3.63) is 83.1 Å². The van der Waals surface area contributed by atoms with Crippen LogP contribution < -0.4 is 15.9 Å². The van der Waals surface area contributed by atoms with Gasteiger partial charge in [-0.25, -0.2) is 0 Å². The lowest BCUT2D eigenvalue weighted by Crippen LogP contribution is -2.30. The van der Waals surface area contributed by atoms with Gasteiger partial charge in [-0.2, -0.15) is 0 Å². The lowest BCUT2D eigenvalue weighted by atomic mass is 10.3. The van der Waals surface area contributed by atoms with E-state index in [1.165, 1.54) is 6.92 Å². The van der Waals surface area contributed by atoms with Crippen LogP contribution in [0.15, 0.2) is 78.2 Å². The van der Waals surface area contributed by atoms with Crippen LogP contribution in [-0.2, 0) is 9.36 Å². The van der Waals surface area contributed by atoms with E-state index in [9.17, 15) is 9.36 Å². The van der Waals surface area contributed by atoms with Crippen LogP contribution in [0.1, 0.15) is 17.5 Å². The first-order chi connectivity index (χ1) is 12.1. The fourth-order valence-corrected chi connectivity index (χ4v) is 7.32. The highest BCUT2D eigenvalue weighted by Gasteiger charge is 2.38. The molecule has 3 nitrogen and oxygen atoms in total. The number of rotatable bonds is 6. The molecule has 0 aliphatic rings. The third-order valence-corrected chi connectivity index (χ3v) is 8.76. The molecule has 0 radical (unpaired) electrons. The van der Waals surface area contributed by atoms with Crippen molar-refractivity contribution in [1.29, 1.82) is 0 Å². The quantitative estimate of drug-likeness (QED) is 0.669. The van der Waals surface area contributed by atoms with E-state index in [1.807, 2.05) is 78.2 Å². The molecule has 0 spiro atoms. The molecule has 0 aliphatic heterocycles. The van der Waals surface area contributed by atoms with Gasteiger partial charge in [-0.15, -0.1) is 11.3 Å². The molecule has 128 valence electrons. The van der Waals surface area contributed by atoms with Crippen molar-refractivity contribution in [2.45, 2.75) is 12.6 Å². The summed E-state index contributed by atoms with van der Waals surface area (Å²) in [6.45, 7) is 1.83. The third-order valence-electron chi connectivity index (χ3n) is 4.13. The van der Waals surface area contributed by atoms with Crippen LogP contribution >= 0.6 is 18.5 Å². The molecular weight excluding hydrogens is 349 g/mol. The molecule has 1 heterocycles. The summed E-state index contributed by atoms with van der Waals surface area (Å²) in [5, 5.41) is 6.48. The number of hydrogen-bond acceptors (Lipinski definition) is 3. The molecule has 5 heteroatoms. The van der Waals surface area contributed by atoms with Gasteiger partial charge < -0.3 is 9.88 Å². The fourth-order valence-electron chi connectivity index (χ4n) is 2.94. The molecule has 0 bridgehead atoms. The van der Waals surface area contributed by atoms with Crippen LogP contribution in [0, 0.1) is 0 Å². The third kappa shape index (κ3) is 3.76. The smallest absolute Gasteiger partial charge is 0.216 e. The van der Waals surface area contributed by atoms with Gasteiger partial charge in [-0.1, -0.05) is 66.7 Å². The Kier molecular flexibility index (Phi) is 5.52. The summed E-state index contributed by atoms with van der Waals surface area (Å²) in [6.07, 6.45) is 0. The average Bonchev–Trinajstić information content (AvgIpc) is 3.17.